The minimum absolute atomic E-state index is 0.275. The van der Waals surface area contributed by atoms with Crippen molar-refractivity contribution in [2.75, 3.05) is 26.4 Å². The van der Waals surface area contributed by atoms with E-state index in [2.05, 4.69) is 41.5 Å². The van der Waals surface area contributed by atoms with Gasteiger partial charge in [0.25, 0.3) is 0 Å². The second-order valence-corrected chi connectivity index (χ2v) is 14.0. The highest BCUT2D eigenvalue weighted by Crippen LogP contribution is 2.19. The van der Waals surface area contributed by atoms with E-state index in [0.29, 0.717) is 0 Å². The summed E-state index contributed by atoms with van der Waals surface area (Å²) in [4.78, 5) is 0. The summed E-state index contributed by atoms with van der Waals surface area (Å²) in [6.07, 6.45) is 11.8. The monoisotopic (exact) mass is 462 g/mol. The summed E-state index contributed by atoms with van der Waals surface area (Å²) >= 11 is 0. The van der Waals surface area contributed by atoms with Gasteiger partial charge in [0.15, 0.2) is 0 Å². The first-order valence-electron chi connectivity index (χ1n) is 13.0. The quantitative estimate of drug-likeness (QED) is 0.113. The number of rotatable bonds is 23. The Bertz CT molecular complexity index is 315. The van der Waals surface area contributed by atoms with Crippen LogP contribution >= 0.6 is 0 Å². The lowest BCUT2D eigenvalue weighted by atomic mass is 10.3. The lowest BCUT2D eigenvalue weighted by Crippen LogP contribution is -2.40. The summed E-state index contributed by atoms with van der Waals surface area (Å²) < 4.78 is 24.8. The summed E-state index contributed by atoms with van der Waals surface area (Å²) in [6.45, 7) is 16.6. The van der Waals surface area contributed by atoms with Gasteiger partial charge >= 0.3 is 0 Å². The highest BCUT2D eigenvalue weighted by molar-refractivity contribution is 6.39. The Labute approximate surface area is 193 Å². The fourth-order valence-corrected chi connectivity index (χ4v) is 6.99. The molecule has 0 atom stereocenters. The second kappa shape index (κ2) is 19.9. The molecule has 0 unspecified atom stereocenters. The summed E-state index contributed by atoms with van der Waals surface area (Å²) in [5.74, 6) is 0. The molecule has 0 saturated carbocycles. The van der Waals surface area contributed by atoms with Crippen molar-refractivity contribution in [1.82, 2.24) is 0 Å². The zero-order valence-corrected chi connectivity index (χ0v) is 24.2. The van der Waals surface area contributed by atoms with Crippen molar-refractivity contribution >= 4 is 19.0 Å². The third-order valence-corrected chi connectivity index (χ3v) is 9.97. The van der Waals surface area contributed by atoms with Gasteiger partial charge in [-0.15, -0.1) is 0 Å². The van der Waals surface area contributed by atoms with Crippen molar-refractivity contribution in [1.29, 1.82) is 0 Å². The first-order chi connectivity index (χ1) is 14.4. The maximum Gasteiger partial charge on any atom is 0.142 e. The molecule has 6 heteroatoms. The molecule has 0 aliphatic rings. The normalized spacial score (nSPS) is 13.4. The Morgan fingerprint density at radius 2 is 0.733 bits per heavy atom. The predicted molar refractivity (Wildman–Crippen MR) is 136 cm³/mol. The standard InChI is InChI=1S/C24H54O4Si2/c1-7-11-17-25-23(5,26-18-12-8-2)29-21-15-16-22-30-24(6,27-19-13-9-3)28-20-14-10-4/h7-22,29-30H2,1-6H3. The van der Waals surface area contributed by atoms with Crippen LogP contribution in [-0.4, -0.2) is 56.3 Å². The number of ether oxygens (including phenoxy) is 4. The number of unbranched alkanes of at least 4 members (excludes halogenated alkanes) is 5. The van der Waals surface area contributed by atoms with Gasteiger partial charge in [0.1, 0.15) is 10.8 Å². The molecule has 0 rings (SSSR count). The zero-order valence-electron chi connectivity index (χ0n) is 21.4. The Balaban J connectivity index is 4.27. The van der Waals surface area contributed by atoms with E-state index in [1.54, 1.807) is 0 Å². The lowest BCUT2D eigenvalue weighted by molar-refractivity contribution is -0.170. The van der Waals surface area contributed by atoms with E-state index in [-0.39, 0.29) is 10.8 Å². The molecule has 0 N–H and O–H groups in total. The fourth-order valence-electron chi connectivity index (χ4n) is 3.35. The second-order valence-electron chi connectivity index (χ2n) is 8.99. The zero-order chi connectivity index (χ0) is 22.6. The van der Waals surface area contributed by atoms with Crippen molar-refractivity contribution in [3.05, 3.63) is 0 Å². The predicted octanol–water partition coefficient (Wildman–Crippen LogP) is 5.56. The van der Waals surface area contributed by atoms with E-state index in [0.717, 1.165) is 52.1 Å². The molecule has 0 amide bonds. The van der Waals surface area contributed by atoms with E-state index in [9.17, 15) is 0 Å². The number of hydrogen-bond acceptors (Lipinski definition) is 4. The molecule has 0 spiro atoms. The maximum absolute atomic E-state index is 6.20. The van der Waals surface area contributed by atoms with Crippen LogP contribution in [0.4, 0.5) is 0 Å². The molecular weight excluding hydrogens is 408 g/mol. The van der Waals surface area contributed by atoms with Crippen LogP contribution in [0, 0.1) is 0 Å². The molecule has 0 aliphatic heterocycles. The smallest absolute Gasteiger partial charge is 0.142 e. The van der Waals surface area contributed by atoms with Gasteiger partial charge in [-0.25, -0.2) is 0 Å². The molecule has 30 heavy (non-hydrogen) atoms. The van der Waals surface area contributed by atoms with Gasteiger partial charge in [-0.2, -0.15) is 0 Å². The molecular formula is C24H54O4Si2. The Hall–Kier alpha value is 0.274. The van der Waals surface area contributed by atoms with Crippen molar-refractivity contribution in [3.63, 3.8) is 0 Å². The van der Waals surface area contributed by atoms with Crippen molar-refractivity contribution in [2.24, 2.45) is 0 Å². The van der Waals surface area contributed by atoms with Gasteiger partial charge < -0.3 is 18.9 Å². The maximum atomic E-state index is 6.20. The van der Waals surface area contributed by atoms with E-state index in [1.165, 1.54) is 50.6 Å². The van der Waals surface area contributed by atoms with Crippen LogP contribution in [0.1, 0.15) is 106 Å². The van der Waals surface area contributed by atoms with E-state index < -0.39 is 19.0 Å². The van der Waals surface area contributed by atoms with Crippen LogP contribution < -0.4 is 0 Å². The Morgan fingerprint density at radius 1 is 0.467 bits per heavy atom. The molecule has 0 aliphatic carbocycles. The van der Waals surface area contributed by atoms with Crippen molar-refractivity contribution in [3.8, 4) is 0 Å². The molecule has 0 aromatic heterocycles. The molecule has 0 saturated heterocycles. The van der Waals surface area contributed by atoms with Gasteiger partial charge in [-0.1, -0.05) is 78.3 Å². The molecule has 0 bridgehead atoms. The largest absolute Gasteiger partial charge is 0.355 e. The molecule has 0 radical (unpaired) electrons. The third kappa shape index (κ3) is 16.9. The summed E-state index contributed by atoms with van der Waals surface area (Å²) in [5, 5.41) is 0. The molecule has 0 heterocycles. The van der Waals surface area contributed by atoms with E-state index >= 15 is 0 Å². The van der Waals surface area contributed by atoms with Gasteiger partial charge in [-0.3, -0.25) is 0 Å². The van der Waals surface area contributed by atoms with Crippen molar-refractivity contribution in [2.45, 2.75) is 129 Å². The van der Waals surface area contributed by atoms with Crippen LogP contribution in [0.2, 0.25) is 12.1 Å². The average Bonchev–Trinajstić information content (AvgIpc) is 2.72. The number of hydrogen-bond donors (Lipinski definition) is 0. The highest BCUT2D eigenvalue weighted by Gasteiger charge is 2.27. The van der Waals surface area contributed by atoms with Gasteiger partial charge in [0, 0.05) is 26.4 Å². The van der Waals surface area contributed by atoms with Gasteiger partial charge in [0.05, 0.1) is 19.0 Å². The summed E-state index contributed by atoms with van der Waals surface area (Å²) in [5.41, 5.74) is -0.550. The highest BCUT2D eigenvalue weighted by atomic mass is 28.2. The summed E-state index contributed by atoms with van der Waals surface area (Å²) in [6, 6.07) is 2.60. The van der Waals surface area contributed by atoms with Gasteiger partial charge in [0.2, 0.25) is 0 Å². The Kier molecular flexibility index (Phi) is 20.1. The first-order valence-corrected chi connectivity index (χ1v) is 16.4. The minimum atomic E-state index is -0.414. The molecule has 0 aromatic carbocycles. The third-order valence-electron chi connectivity index (χ3n) is 5.63. The molecule has 0 aromatic rings. The Morgan fingerprint density at radius 3 is 0.967 bits per heavy atom. The molecule has 0 fully saturated rings. The van der Waals surface area contributed by atoms with E-state index in [1.807, 2.05) is 0 Å². The first kappa shape index (κ1) is 30.3. The van der Waals surface area contributed by atoms with Crippen LogP contribution in [0.5, 0.6) is 0 Å². The summed E-state index contributed by atoms with van der Waals surface area (Å²) in [7, 11) is -0.828. The molecule has 182 valence electrons. The van der Waals surface area contributed by atoms with Crippen LogP contribution in [0.25, 0.3) is 0 Å². The fraction of sp³-hybridized carbons (Fsp3) is 1.00. The van der Waals surface area contributed by atoms with Crippen LogP contribution in [0.3, 0.4) is 0 Å². The van der Waals surface area contributed by atoms with Crippen molar-refractivity contribution < 1.29 is 18.9 Å². The SMILES string of the molecule is CCCCOC(C)(OCCCC)[SiH2]CCCC[SiH2]C(C)(OCCCC)OCCCC. The lowest BCUT2D eigenvalue weighted by Gasteiger charge is -2.31. The molecule has 4 nitrogen and oxygen atoms in total. The van der Waals surface area contributed by atoms with Gasteiger partial charge in [-0.05, 0) is 39.5 Å². The minimum Gasteiger partial charge on any atom is -0.355 e. The topological polar surface area (TPSA) is 36.9 Å². The van der Waals surface area contributed by atoms with E-state index in [4.69, 9.17) is 18.9 Å². The van der Waals surface area contributed by atoms with Crippen LogP contribution in [-0.2, 0) is 18.9 Å². The average molecular weight is 463 g/mol. The van der Waals surface area contributed by atoms with Crippen LogP contribution in [0.15, 0.2) is 0 Å².